The van der Waals surface area contributed by atoms with E-state index in [-0.39, 0.29) is 0 Å². The van der Waals surface area contributed by atoms with Gasteiger partial charge in [0.05, 0.1) is 6.07 Å². The van der Waals surface area contributed by atoms with Crippen LogP contribution in [0.1, 0.15) is 58.3 Å². The maximum atomic E-state index is 8.92. The van der Waals surface area contributed by atoms with Gasteiger partial charge in [-0.3, -0.25) is 0 Å². The van der Waals surface area contributed by atoms with Crippen LogP contribution in [-0.2, 0) is 0 Å². The zero-order valence-corrected chi connectivity index (χ0v) is 11.1. The summed E-state index contributed by atoms with van der Waals surface area (Å²) < 4.78 is 0. The van der Waals surface area contributed by atoms with Crippen molar-refractivity contribution in [2.75, 3.05) is 0 Å². The van der Waals surface area contributed by atoms with Gasteiger partial charge in [-0.25, -0.2) is 0 Å². The third-order valence-corrected chi connectivity index (χ3v) is 4.90. The molecule has 0 amide bonds. The third kappa shape index (κ3) is 3.35. The minimum absolute atomic E-state index is 0.366. The Morgan fingerprint density at radius 1 is 0.882 bits per heavy atom. The Kier molecular flexibility index (Phi) is 4.66. The van der Waals surface area contributed by atoms with Gasteiger partial charge in [-0.15, -0.1) is 0 Å². The number of nitrogens with zero attached hydrogens (tertiary/aromatic N) is 1. The highest BCUT2D eigenvalue weighted by Crippen LogP contribution is 2.41. The first-order chi connectivity index (χ1) is 8.33. The van der Waals surface area contributed by atoms with Gasteiger partial charge in [0, 0.05) is 5.92 Å². The van der Waals surface area contributed by atoms with Crippen molar-refractivity contribution in [3.63, 3.8) is 0 Å². The molecule has 0 unspecified atom stereocenters. The van der Waals surface area contributed by atoms with Crippen LogP contribution in [0.25, 0.3) is 0 Å². The molecule has 0 bridgehead atoms. The lowest BCUT2D eigenvalue weighted by Gasteiger charge is -2.36. The van der Waals surface area contributed by atoms with E-state index in [9.17, 15) is 0 Å². The predicted octanol–water partition coefficient (Wildman–Crippen LogP) is 4.70. The number of nitriles is 1. The first-order valence-corrected chi connectivity index (χ1v) is 7.36. The summed E-state index contributed by atoms with van der Waals surface area (Å²) in [5, 5.41) is 8.92. The molecule has 0 aromatic heterocycles. The number of hydrogen-bond donors (Lipinski definition) is 0. The van der Waals surface area contributed by atoms with Crippen LogP contribution < -0.4 is 0 Å². The normalized spacial score (nSPS) is 39.1. The Balaban J connectivity index is 1.76. The molecule has 0 radical (unpaired) electrons. The first kappa shape index (κ1) is 12.7. The highest BCUT2D eigenvalue weighted by Gasteiger charge is 2.30. The van der Waals surface area contributed by atoms with Crippen molar-refractivity contribution in [1.82, 2.24) is 0 Å². The Labute approximate surface area is 106 Å². The van der Waals surface area contributed by atoms with E-state index in [1.54, 1.807) is 0 Å². The van der Waals surface area contributed by atoms with Crippen molar-refractivity contribution in [3.8, 4) is 6.07 Å². The molecular weight excluding hydrogens is 206 g/mol. The molecule has 1 heteroatoms. The highest BCUT2D eigenvalue weighted by atomic mass is 14.4. The molecule has 0 heterocycles. The lowest BCUT2D eigenvalue weighted by atomic mass is 9.69. The van der Waals surface area contributed by atoms with E-state index in [1.165, 1.54) is 38.5 Å². The average molecular weight is 231 g/mol. The van der Waals surface area contributed by atoms with Gasteiger partial charge in [0.15, 0.2) is 0 Å². The highest BCUT2D eigenvalue weighted by molar-refractivity contribution is 4.92. The molecule has 2 rings (SSSR count). The van der Waals surface area contributed by atoms with Crippen LogP contribution in [0, 0.1) is 35.0 Å². The van der Waals surface area contributed by atoms with E-state index >= 15 is 0 Å². The van der Waals surface area contributed by atoms with E-state index in [0.29, 0.717) is 5.92 Å². The van der Waals surface area contributed by atoms with Crippen molar-refractivity contribution in [2.45, 2.75) is 58.3 Å². The quantitative estimate of drug-likeness (QED) is 0.632. The van der Waals surface area contributed by atoms with E-state index < -0.39 is 0 Å². The fourth-order valence-corrected chi connectivity index (χ4v) is 3.80. The number of rotatable bonds is 2. The topological polar surface area (TPSA) is 23.8 Å². The van der Waals surface area contributed by atoms with Gasteiger partial charge < -0.3 is 0 Å². The van der Waals surface area contributed by atoms with E-state index in [0.717, 1.165) is 30.6 Å². The molecule has 2 fully saturated rings. The van der Waals surface area contributed by atoms with Crippen molar-refractivity contribution >= 4 is 0 Å². The fraction of sp³-hybridized carbons (Fsp3) is 0.812. The largest absolute Gasteiger partial charge is 0.198 e. The summed E-state index contributed by atoms with van der Waals surface area (Å²) in [4.78, 5) is 0. The second kappa shape index (κ2) is 6.24. The Morgan fingerprint density at radius 2 is 1.41 bits per heavy atom. The van der Waals surface area contributed by atoms with Crippen LogP contribution in [0.3, 0.4) is 0 Å². The lowest BCUT2D eigenvalue weighted by molar-refractivity contribution is 0.168. The van der Waals surface area contributed by atoms with Crippen molar-refractivity contribution in [3.05, 3.63) is 12.2 Å². The molecule has 2 aliphatic rings. The zero-order chi connectivity index (χ0) is 12.1. The summed E-state index contributed by atoms with van der Waals surface area (Å²) in [6.45, 7) is 2.13. The van der Waals surface area contributed by atoms with Gasteiger partial charge in [0.25, 0.3) is 0 Å². The molecule has 2 saturated carbocycles. The SMILES string of the molecule is CC=CC1CCC(C2CCC(C#N)CC2)CC1. The molecule has 0 aliphatic heterocycles. The fourth-order valence-electron chi connectivity index (χ4n) is 3.80. The summed E-state index contributed by atoms with van der Waals surface area (Å²) in [5.74, 6) is 3.12. The van der Waals surface area contributed by atoms with E-state index in [1.807, 2.05) is 0 Å². The smallest absolute Gasteiger partial charge is 0.0655 e. The number of allylic oxidation sites excluding steroid dienone is 2. The van der Waals surface area contributed by atoms with Crippen LogP contribution in [0.4, 0.5) is 0 Å². The summed E-state index contributed by atoms with van der Waals surface area (Å²) in [6.07, 6.45) is 15.2. The second-order valence-electron chi connectivity index (χ2n) is 5.94. The monoisotopic (exact) mass is 231 g/mol. The summed E-state index contributed by atoms with van der Waals surface area (Å²) >= 11 is 0. The molecular formula is C16H25N. The molecule has 0 aromatic rings. The molecule has 17 heavy (non-hydrogen) atoms. The Bertz CT molecular complexity index is 283. The average Bonchev–Trinajstić information content (AvgIpc) is 2.40. The van der Waals surface area contributed by atoms with Crippen LogP contribution in [0.5, 0.6) is 0 Å². The van der Waals surface area contributed by atoms with Gasteiger partial charge in [-0.05, 0) is 76.0 Å². The molecule has 94 valence electrons. The molecule has 0 atom stereocenters. The van der Waals surface area contributed by atoms with E-state index in [2.05, 4.69) is 25.1 Å². The van der Waals surface area contributed by atoms with Crippen LogP contribution in [0.15, 0.2) is 12.2 Å². The zero-order valence-electron chi connectivity index (χ0n) is 11.1. The summed E-state index contributed by atoms with van der Waals surface area (Å²) in [7, 11) is 0. The first-order valence-electron chi connectivity index (χ1n) is 7.36. The lowest BCUT2D eigenvalue weighted by Crippen LogP contribution is -2.25. The standard InChI is InChI=1S/C16H25N/c1-2-3-13-4-8-15(9-5-13)16-10-6-14(12-17)7-11-16/h2-3,13-16H,4-11H2,1H3. The molecule has 2 aliphatic carbocycles. The predicted molar refractivity (Wildman–Crippen MR) is 71.3 cm³/mol. The van der Waals surface area contributed by atoms with Gasteiger partial charge in [0.1, 0.15) is 0 Å². The summed E-state index contributed by atoms with van der Waals surface area (Å²) in [6, 6.07) is 2.44. The summed E-state index contributed by atoms with van der Waals surface area (Å²) in [5.41, 5.74) is 0. The number of hydrogen-bond acceptors (Lipinski definition) is 1. The van der Waals surface area contributed by atoms with Crippen molar-refractivity contribution in [1.29, 1.82) is 5.26 Å². The molecule has 0 aromatic carbocycles. The molecule has 0 spiro atoms. The molecule has 0 saturated heterocycles. The Morgan fingerprint density at radius 3 is 1.88 bits per heavy atom. The Hall–Kier alpha value is -0.770. The van der Waals surface area contributed by atoms with Crippen LogP contribution >= 0.6 is 0 Å². The van der Waals surface area contributed by atoms with Gasteiger partial charge in [-0.1, -0.05) is 12.2 Å². The second-order valence-corrected chi connectivity index (χ2v) is 5.94. The van der Waals surface area contributed by atoms with Gasteiger partial charge >= 0.3 is 0 Å². The third-order valence-electron chi connectivity index (χ3n) is 4.90. The van der Waals surface area contributed by atoms with E-state index in [4.69, 9.17) is 5.26 Å². The minimum Gasteiger partial charge on any atom is -0.198 e. The molecule has 0 N–H and O–H groups in total. The maximum Gasteiger partial charge on any atom is 0.0655 e. The van der Waals surface area contributed by atoms with Gasteiger partial charge in [-0.2, -0.15) is 5.26 Å². The molecule has 1 nitrogen and oxygen atoms in total. The van der Waals surface area contributed by atoms with Crippen LogP contribution in [0.2, 0.25) is 0 Å². The van der Waals surface area contributed by atoms with Gasteiger partial charge in [0.2, 0.25) is 0 Å². The van der Waals surface area contributed by atoms with Crippen LogP contribution in [-0.4, -0.2) is 0 Å². The van der Waals surface area contributed by atoms with Crippen molar-refractivity contribution < 1.29 is 0 Å². The minimum atomic E-state index is 0.366. The van der Waals surface area contributed by atoms with Crippen molar-refractivity contribution in [2.24, 2.45) is 23.7 Å². The maximum absolute atomic E-state index is 8.92.